The number of carbonyl (C=O) groups is 2. The molecule has 0 spiro atoms. The molecule has 0 aliphatic heterocycles. The van der Waals surface area contributed by atoms with Crippen LogP contribution in [0, 0.1) is 18.3 Å². The molecule has 2 unspecified atom stereocenters. The number of anilines is 1. The van der Waals surface area contributed by atoms with Gasteiger partial charge in [-0.2, -0.15) is 0 Å². The van der Waals surface area contributed by atoms with Gasteiger partial charge in [-0.05, 0) is 66.3 Å². The lowest BCUT2D eigenvalue weighted by Crippen LogP contribution is -2.59. The van der Waals surface area contributed by atoms with Crippen LogP contribution in [0.3, 0.4) is 0 Å². The molecule has 7 nitrogen and oxygen atoms in total. The van der Waals surface area contributed by atoms with Crippen molar-refractivity contribution in [1.29, 1.82) is 0 Å². The number of nitrogens with one attached hydrogen (secondary N) is 2. The van der Waals surface area contributed by atoms with Crippen LogP contribution in [-0.2, 0) is 16.1 Å². The Morgan fingerprint density at radius 3 is 2.36 bits per heavy atom. The molecule has 2 saturated carbocycles. The molecule has 2 aliphatic carbocycles. The SMILES string of the molecule is COc1ccc(NC(=O)C2(N(Cc3ccccc3)C(=O)CC3C(c4c(C)[nH]c5ccccc45)C3(C)C)CCCCC2)c(OC)c1. The Kier molecular flexibility index (Phi) is 8.38. The maximum Gasteiger partial charge on any atom is 0.250 e. The van der Waals surface area contributed by atoms with Crippen molar-refractivity contribution in [3.05, 3.63) is 89.6 Å². The zero-order valence-electron chi connectivity index (χ0n) is 27.1. The van der Waals surface area contributed by atoms with E-state index in [0.29, 0.717) is 43.0 Å². The van der Waals surface area contributed by atoms with E-state index in [-0.39, 0.29) is 29.1 Å². The van der Waals surface area contributed by atoms with Gasteiger partial charge in [0.1, 0.15) is 17.0 Å². The minimum absolute atomic E-state index is 0.0377. The monoisotopic (exact) mass is 607 g/mol. The molecule has 2 amide bonds. The van der Waals surface area contributed by atoms with Crippen molar-refractivity contribution in [2.75, 3.05) is 19.5 Å². The average Bonchev–Trinajstić information content (AvgIpc) is 3.40. The molecule has 4 aromatic rings. The van der Waals surface area contributed by atoms with Gasteiger partial charge in [-0.25, -0.2) is 0 Å². The van der Waals surface area contributed by atoms with E-state index in [0.717, 1.165) is 30.3 Å². The van der Waals surface area contributed by atoms with E-state index in [9.17, 15) is 9.59 Å². The Hall–Kier alpha value is -4.26. The van der Waals surface area contributed by atoms with Crippen molar-refractivity contribution in [3.63, 3.8) is 0 Å². The molecule has 6 rings (SSSR count). The Balaban J connectivity index is 1.34. The zero-order valence-corrected chi connectivity index (χ0v) is 27.1. The highest BCUT2D eigenvalue weighted by Gasteiger charge is 2.60. The minimum atomic E-state index is -0.971. The number of hydrogen-bond donors (Lipinski definition) is 2. The number of nitrogens with zero attached hydrogens (tertiary/aromatic N) is 1. The quantitative estimate of drug-likeness (QED) is 0.191. The largest absolute Gasteiger partial charge is 0.497 e. The van der Waals surface area contributed by atoms with Gasteiger partial charge in [0.15, 0.2) is 0 Å². The van der Waals surface area contributed by atoms with Crippen molar-refractivity contribution < 1.29 is 19.1 Å². The van der Waals surface area contributed by atoms with E-state index in [1.807, 2.05) is 35.2 Å². The summed E-state index contributed by atoms with van der Waals surface area (Å²) in [6.07, 6.45) is 4.45. The normalized spacial score (nSPS) is 19.9. The van der Waals surface area contributed by atoms with Crippen LogP contribution in [0.4, 0.5) is 5.69 Å². The van der Waals surface area contributed by atoms with Crippen molar-refractivity contribution >= 4 is 28.4 Å². The molecule has 0 saturated heterocycles. The standard InChI is InChI=1S/C38H45N3O4/c1-25-34(28-16-10-11-17-30(28)39-25)35-29(37(35,2)3)23-33(42)41(24-26-14-8-6-9-15-26)38(20-12-7-13-21-38)36(43)40-31-19-18-27(44-4)22-32(31)45-5/h6,8-11,14-19,22,29,35,39H,7,12-13,20-21,23-24H2,1-5H3,(H,40,43). The lowest BCUT2D eigenvalue weighted by atomic mass is 9.78. The third-order valence-corrected chi connectivity index (χ3v) is 10.5. The van der Waals surface area contributed by atoms with Crippen molar-refractivity contribution in [3.8, 4) is 11.5 Å². The molecule has 2 aliphatic rings. The number of methoxy groups -OCH3 is 2. The van der Waals surface area contributed by atoms with Gasteiger partial charge in [-0.15, -0.1) is 0 Å². The Bertz CT molecular complexity index is 1690. The van der Waals surface area contributed by atoms with Crippen molar-refractivity contribution in [2.24, 2.45) is 11.3 Å². The van der Waals surface area contributed by atoms with Crippen LogP contribution in [0.2, 0.25) is 0 Å². The van der Waals surface area contributed by atoms with E-state index in [2.05, 4.69) is 55.3 Å². The summed E-state index contributed by atoms with van der Waals surface area (Å²) >= 11 is 0. The molecule has 2 N–H and O–H groups in total. The summed E-state index contributed by atoms with van der Waals surface area (Å²) in [5.41, 5.74) is 4.20. The second kappa shape index (κ2) is 12.3. The molecule has 7 heteroatoms. The maximum atomic E-state index is 14.7. The van der Waals surface area contributed by atoms with Gasteiger partial charge >= 0.3 is 0 Å². The number of ether oxygens (including phenoxy) is 2. The number of aryl methyl sites for hydroxylation is 1. The van der Waals surface area contributed by atoms with Gasteiger partial charge in [-0.3, -0.25) is 9.59 Å². The van der Waals surface area contributed by atoms with E-state index < -0.39 is 5.54 Å². The molecule has 45 heavy (non-hydrogen) atoms. The number of para-hydroxylation sites is 1. The van der Waals surface area contributed by atoms with Crippen molar-refractivity contribution in [2.45, 2.75) is 77.3 Å². The zero-order chi connectivity index (χ0) is 31.8. The van der Waals surface area contributed by atoms with E-state index in [1.165, 1.54) is 16.6 Å². The first kappa shape index (κ1) is 30.8. The van der Waals surface area contributed by atoms with Gasteiger partial charge in [0.05, 0.1) is 19.9 Å². The molecule has 1 heterocycles. The first-order chi connectivity index (χ1) is 21.7. The number of carbonyl (C=O) groups excluding carboxylic acids is 2. The van der Waals surface area contributed by atoms with Crippen molar-refractivity contribution in [1.82, 2.24) is 9.88 Å². The van der Waals surface area contributed by atoms with Gasteiger partial charge in [0, 0.05) is 35.6 Å². The summed E-state index contributed by atoms with van der Waals surface area (Å²) in [4.78, 5) is 34.7. The maximum absolute atomic E-state index is 14.7. The number of H-pyrrole nitrogens is 1. The van der Waals surface area contributed by atoms with Crippen LogP contribution in [0.15, 0.2) is 72.8 Å². The first-order valence-electron chi connectivity index (χ1n) is 16.1. The molecular formula is C38H45N3O4. The number of hydrogen-bond acceptors (Lipinski definition) is 4. The fourth-order valence-corrected chi connectivity index (χ4v) is 7.84. The molecular weight excluding hydrogens is 562 g/mol. The highest BCUT2D eigenvalue weighted by atomic mass is 16.5. The van der Waals surface area contributed by atoms with E-state index in [4.69, 9.17) is 9.47 Å². The molecule has 0 bridgehead atoms. The number of rotatable bonds is 10. The predicted molar refractivity (Wildman–Crippen MR) is 179 cm³/mol. The average molecular weight is 608 g/mol. The number of amides is 2. The third kappa shape index (κ3) is 5.69. The van der Waals surface area contributed by atoms with Gasteiger partial charge in [0.2, 0.25) is 11.8 Å². The first-order valence-corrected chi connectivity index (χ1v) is 16.1. The van der Waals surface area contributed by atoms with E-state index >= 15 is 0 Å². The van der Waals surface area contributed by atoms with Crippen LogP contribution in [-0.4, -0.2) is 41.5 Å². The number of aromatic amines is 1. The summed E-state index contributed by atoms with van der Waals surface area (Å²) in [5, 5.41) is 4.41. The number of fused-ring (bicyclic) bond motifs is 1. The summed E-state index contributed by atoms with van der Waals surface area (Å²) in [5.74, 6) is 1.48. The fourth-order valence-electron chi connectivity index (χ4n) is 7.84. The lowest BCUT2D eigenvalue weighted by molar-refractivity contribution is -0.149. The summed E-state index contributed by atoms with van der Waals surface area (Å²) < 4.78 is 11.0. The Labute approximate surface area is 266 Å². The van der Waals surface area contributed by atoms with Gasteiger partial charge in [-0.1, -0.05) is 81.6 Å². The van der Waals surface area contributed by atoms with Gasteiger partial charge in [0.25, 0.3) is 0 Å². The molecule has 2 atom stereocenters. The van der Waals surface area contributed by atoms with Crippen LogP contribution in [0.5, 0.6) is 11.5 Å². The third-order valence-electron chi connectivity index (χ3n) is 10.5. The Morgan fingerprint density at radius 1 is 0.933 bits per heavy atom. The van der Waals surface area contributed by atoms with Crippen LogP contribution < -0.4 is 14.8 Å². The van der Waals surface area contributed by atoms with Crippen LogP contribution >= 0.6 is 0 Å². The second-order valence-corrected chi connectivity index (χ2v) is 13.4. The second-order valence-electron chi connectivity index (χ2n) is 13.4. The summed E-state index contributed by atoms with van der Waals surface area (Å²) in [7, 11) is 3.18. The van der Waals surface area contributed by atoms with Crippen LogP contribution in [0.25, 0.3) is 10.9 Å². The molecule has 236 valence electrons. The molecule has 2 fully saturated rings. The molecule has 3 aromatic carbocycles. The fraction of sp³-hybridized carbons (Fsp3) is 0.421. The predicted octanol–water partition coefficient (Wildman–Crippen LogP) is 7.99. The van der Waals surface area contributed by atoms with Gasteiger partial charge < -0.3 is 24.7 Å². The van der Waals surface area contributed by atoms with Crippen LogP contribution in [0.1, 0.15) is 75.1 Å². The summed E-state index contributed by atoms with van der Waals surface area (Å²) in [6.45, 7) is 7.07. The number of aromatic nitrogens is 1. The van der Waals surface area contributed by atoms with E-state index in [1.54, 1.807) is 32.4 Å². The number of benzene rings is 3. The lowest BCUT2D eigenvalue weighted by Gasteiger charge is -2.45. The highest BCUT2D eigenvalue weighted by Crippen LogP contribution is 2.67. The molecule has 1 aromatic heterocycles. The molecule has 0 radical (unpaired) electrons. The highest BCUT2D eigenvalue weighted by molar-refractivity contribution is 6.01. The summed E-state index contributed by atoms with van der Waals surface area (Å²) in [6, 6.07) is 23.9. The topological polar surface area (TPSA) is 83.7 Å². The minimum Gasteiger partial charge on any atom is -0.497 e. The Morgan fingerprint density at radius 2 is 1.64 bits per heavy atom. The smallest absolute Gasteiger partial charge is 0.250 e.